The van der Waals surface area contributed by atoms with Gasteiger partial charge in [-0.3, -0.25) is 5.32 Å². The first-order chi connectivity index (χ1) is 26.0. The number of aliphatic imine (C=N–C) groups is 1. The number of nitrogens with one attached hydrogen (secondary N) is 2. The van der Waals surface area contributed by atoms with E-state index in [2.05, 4.69) is 176 Å². The molecule has 2 N–H and O–H groups in total. The van der Waals surface area contributed by atoms with Crippen LogP contribution in [0.3, 0.4) is 0 Å². The summed E-state index contributed by atoms with van der Waals surface area (Å²) in [6.07, 6.45) is -0.489. The average molecular weight is 702 g/mol. The molecule has 9 aromatic rings. The highest BCUT2D eigenvalue weighted by Crippen LogP contribution is 2.49. The van der Waals surface area contributed by atoms with Gasteiger partial charge < -0.3 is 9.73 Å². The topological polar surface area (TPSA) is 49.6 Å². The highest BCUT2D eigenvalue weighted by molar-refractivity contribution is 7.26. The Balaban J connectivity index is 1.07. The molecule has 0 saturated heterocycles. The van der Waals surface area contributed by atoms with Gasteiger partial charge in [0.25, 0.3) is 0 Å². The first kappa shape index (κ1) is 30.6. The van der Waals surface area contributed by atoms with Crippen LogP contribution in [0.5, 0.6) is 0 Å². The number of hydrogen-bond donors (Lipinski definition) is 2. The molecule has 2 aliphatic rings. The molecule has 7 aromatic carbocycles. The lowest BCUT2D eigenvalue weighted by Crippen LogP contribution is -2.45. The van der Waals surface area contributed by atoms with E-state index in [-0.39, 0.29) is 17.7 Å². The molecule has 254 valence electrons. The smallest absolute Gasteiger partial charge is 0.136 e. The summed E-state index contributed by atoms with van der Waals surface area (Å²) in [5.41, 5.74) is 12.7. The third kappa shape index (κ3) is 4.67. The molecule has 0 radical (unpaired) electrons. The zero-order valence-corrected chi connectivity index (χ0v) is 30.2. The quantitative estimate of drug-likeness (QED) is 0.192. The second-order valence-electron chi connectivity index (χ2n) is 14.8. The standard InChI is InChI=1S/C48H35N3OS/c1-48(2)38-19-8-6-14-32(38)33-24-22-30(27-39(33)48)46-49-45(50-47(51-46)36-18-10-17-35-34-15-7-9-21-42(34)53-44(35)36)29-23-25-40-37(26-29)43-31(16-11-20-41(43)52-40)28-12-4-3-5-13-28/h3-27,45,47,50H,1-2H3,(H,49,51). The fraction of sp³-hybridized carbons (Fsp3) is 0.104. The van der Waals surface area contributed by atoms with Crippen LogP contribution < -0.4 is 10.6 Å². The minimum Gasteiger partial charge on any atom is -0.456 e. The lowest BCUT2D eigenvalue weighted by Gasteiger charge is -2.33. The van der Waals surface area contributed by atoms with E-state index in [1.54, 1.807) is 0 Å². The Kier molecular flexibility index (Phi) is 6.64. The highest BCUT2D eigenvalue weighted by atomic mass is 32.1. The summed E-state index contributed by atoms with van der Waals surface area (Å²) >= 11 is 1.85. The normalized spacial score (nSPS) is 17.6. The molecule has 0 spiro atoms. The molecule has 5 heteroatoms. The van der Waals surface area contributed by atoms with Crippen LogP contribution in [-0.4, -0.2) is 5.84 Å². The molecule has 53 heavy (non-hydrogen) atoms. The summed E-state index contributed by atoms with van der Waals surface area (Å²) in [6.45, 7) is 4.67. The van der Waals surface area contributed by atoms with Crippen LogP contribution in [-0.2, 0) is 5.41 Å². The van der Waals surface area contributed by atoms with Gasteiger partial charge in [-0.25, -0.2) is 4.99 Å². The SMILES string of the molecule is CC1(C)c2ccccc2-c2ccc(C3=NC(c4cccc5c4sc4ccccc45)NC(c4ccc5oc6cccc(-c7ccccc7)c6c5c4)N3)cc21. The Labute approximate surface area is 311 Å². The Morgan fingerprint density at radius 2 is 1.38 bits per heavy atom. The summed E-state index contributed by atoms with van der Waals surface area (Å²) in [6, 6.07) is 54.6. The number of rotatable bonds is 4. The van der Waals surface area contributed by atoms with Crippen molar-refractivity contribution < 1.29 is 4.42 Å². The number of benzene rings is 7. The Hall–Kier alpha value is -6.01. The molecule has 11 rings (SSSR count). The van der Waals surface area contributed by atoms with Crippen LogP contribution in [0.1, 0.15) is 54.0 Å². The van der Waals surface area contributed by atoms with Crippen molar-refractivity contribution in [2.75, 3.05) is 0 Å². The van der Waals surface area contributed by atoms with Crippen molar-refractivity contribution in [3.63, 3.8) is 0 Å². The van der Waals surface area contributed by atoms with E-state index in [1.165, 1.54) is 59.1 Å². The third-order valence-electron chi connectivity index (χ3n) is 11.4. The molecule has 0 saturated carbocycles. The number of amidine groups is 1. The third-order valence-corrected chi connectivity index (χ3v) is 12.6. The summed E-state index contributed by atoms with van der Waals surface area (Å²) in [5, 5.41) is 12.6. The fourth-order valence-corrected chi connectivity index (χ4v) is 9.99. The van der Waals surface area contributed by atoms with E-state index < -0.39 is 0 Å². The molecule has 0 fully saturated rings. The van der Waals surface area contributed by atoms with E-state index in [9.17, 15) is 0 Å². The van der Waals surface area contributed by atoms with Gasteiger partial charge in [-0.2, -0.15) is 0 Å². The summed E-state index contributed by atoms with van der Waals surface area (Å²) in [7, 11) is 0. The maximum atomic E-state index is 6.44. The van der Waals surface area contributed by atoms with E-state index in [0.29, 0.717) is 0 Å². The first-order valence-corrected chi connectivity index (χ1v) is 19.1. The number of thiophene rings is 1. The molecular weight excluding hydrogens is 667 g/mol. The van der Waals surface area contributed by atoms with Gasteiger partial charge in [0.15, 0.2) is 0 Å². The van der Waals surface area contributed by atoms with Crippen molar-refractivity contribution in [3.05, 3.63) is 179 Å². The number of nitrogens with zero attached hydrogens (tertiary/aromatic N) is 1. The number of hydrogen-bond acceptors (Lipinski definition) is 5. The van der Waals surface area contributed by atoms with Gasteiger partial charge in [0.2, 0.25) is 0 Å². The Bertz CT molecular complexity index is 2950. The summed E-state index contributed by atoms with van der Waals surface area (Å²) in [4.78, 5) is 5.48. The molecule has 1 aliphatic heterocycles. The van der Waals surface area contributed by atoms with Crippen LogP contribution >= 0.6 is 11.3 Å². The first-order valence-electron chi connectivity index (χ1n) is 18.3. The Morgan fingerprint density at radius 1 is 0.604 bits per heavy atom. The predicted molar refractivity (Wildman–Crippen MR) is 221 cm³/mol. The Morgan fingerprint density at radius 3 is 2.30 bits per heavy atom. The molecular formula is C48H35N3OS. The van der Waals surface area contributed by atoms with Crippen LogP contribution in [0.2, 0.25) is 0 Å². The maximum Gasteiger partial charge on any atom is 0.136 e. The van der Waals surface area contributed by atoms with E-state index in [4.69, 9.17) is 9.41 Å². The molecule has 2 aromatic heterocycles. The molecule has 3 heterocycles. The van der Waals surface area contributed by atoms with Gasteiger partial charge in [-0.1, -0.05) is 135 Å². The van der Waals surface area contributed by atoms with Crippen molar-refractivity contribution >= 4 is 59.3 Å². The van der Waals surface area contributed by atoms with Gasteiger partial charge >= 0.3 is 0 Å². The molecule has 2 atom stereocenters. The summed E-state index contributed by atoms with van der Waals surface area (Å²) in [5.74, 6) is 0.883. The van der Waals surface area contributed by atoms with Crippen LogP contribution in [0.15, 0.2) is 161 Å². The fourth-order valence-electron chi connectivity index (χ4n) is 8.75. The zero-order valence-electron chi connectivity index (χ0n) is 29.4. The van der Waals surface area contributed by atoms with Crippen molar-refractivity contribution in [1.29, 1.82) is 0 Å². The molecule has 1 aliphatic carbocycles. The molecule has 4 nitrogen and oxygen atoms in total. The average Bonchev–Trinajstić information content (AvgIpc) is 3.85. The largest absolute Gasteiger partial charge is 0.456 e. The summed E-state index contributed by atoms with van der Waals surface area (Å²) < 4.78 is 9.00. The van der Waals surface area contributed by atoms with Gasteiger partial charge in [-0.05, 0) is 69.3 Å². The van der Waals surface area contributed by atoms with Crippen molar-refractivity contribution in [2.24, 2.45) is 4.99 Å². The highest BCUT2D eigenvalue weighted by Gasteiger charge is 2.36. The van der Waals surface area contributed by atoms with Gasteiger partial charge in [0.05, 0.1) is 0 Å². The van der Waals surface area contributed by atoms with Crippen LogP contribution in [0.25, 0.3) is 64.4 Å². The lowest BCUT2D eigenvalue weighted by molar-refractivity contribution is 0.411. The minimum atomic E-state index is -0.275. The predicted octanol–water partition coefficient (Wildman–Crippen LogP) is 12.3. The van der Waals surface area contributed by atoms with E-state index >= 15 is 0 Å². The molecule has 0 bridgehead atoms. The monoisotopic (exact) mass is 701 g/mol. The van der Waals surface area contributed by atoms with Gasteiger partial charge in [-0.15, -0.1) is 11.3 Å². The van der Waals surface area contributed by atoms with Crippen molar-refractivity contribution in [2.45, 2.75) is 31.6 Å². The van der Waals surface area contributed by atoms with Crippen molar-refractivity contribution in [3.8, 4) is 22.3 Å². The van der Waals surface area contributed by atoms with Gasteiger partial charge in [0, 0.05) is 47.5 Å². The number of fused-ring (bicyclic) bond motifs is 9. The number of furan rings is 1. The minimum absolute atomic E-state index is 0.110. The maximum absolute atomic E-state index is 6.44. The molecule has 0 amide bonds. The van der Waals surface area contributed by atoms with Crippen LogP contribution in [0, 0.1) is 0 Å². The second kappa shape index (κ2) is 11.5. The van der Waals surface area contributed by atoms with E-state index in [0.717, 1.165) is 38.9 Å². The van der Waals surface area contributed by atoms with Gasteiger partial charge in [0.1, 0.15) is 29.3 Å². The zero-order chi connectivity index (χ0) is 35.3. The van der Waals surface area contributed by atoms with Crippen LogP contribution in [0.4, 0.5) is 0 Å². The molecule has 2 unspecified atom stereocenters. The second-order valence-corrected chi connectivity index (χ2v) is 15.8. The van der Waals surface area contributed by atoms with Crippen molar-refractivity contribution in [1.82, 2.24) is 10.6 Å². The lowest BCUT2D eigenvalue weighted by atomic mass is 9.82. The van der Waals surface area contributed by atoms with E-state index in [1.807, 2.05) is 11.3 Å².